The summed E-state index contributed by atoms with van der Waals surface area (Å²) in [6, 6.07) is 28.2. The van der Waals surface area contributed by atoms with Crippen LogP contribution in [0.1, 0.15) is 49.1 Å². The fourth-order valence-corrected chi connectivity index (χ4v) is 6.66. The van der Waals surface area contributed by atoms with E-state index < -0.39 is 0 Å². The van der Waals surface area contributed by atoms with Gasteiger partial charge in [-0.15, -0.1) is 0 Å². The topological polar surface area (TPSA) is 50.4 Å². The zero-order valence-corrected chi connectivity index (χ0v) is 23.8. The number of rotatable bonds is 3. The molecular formula is C38H31N3O. The van der Waals surface area contributed by atoms with Gasteiger partial charge in [0.25, 0.3) is 0 Å². The third-order valence-corrected chi connectivity index (χ3v) is 8.88. The van der Waals surface area contributed by atoms with Gasteiger partial charge in [0.1, 0.15) is 11.7 Å². The summed E-state index contributed by atoms with van der Waals surface area (Å²) in [5.41, 5.74) is 13.4. The van der Waals surface area contributed by atoms with Gasteiger partial charge < -0.3 is 9.73 Å². The highest BCUT2D eigenvalue weighted by Gasteiger charge is 2.34. The smallest absolute Gasteiger partial charge is 0.145 e. The van der Waals surface area contributed by atoms with Crippen LogP contribution in [0.3, 0.4) is 0 Å². The average Bonchev–Trinajstić information content (AvgIpc) is 3.50. The number of pyridine rings is 1. The van der Waals surface area contributed by atoms with Crippen LogP contribution in [0.2, 0.25) is 0 Å². The van der Waals surface area contributed by atoms with Crippen LogP contribution in [0, 0.1) is 0 Å². The molecule has 0 saturated carbocycles. The molecule has 3 heterocycles. The molecule has 0 spiro atoms. The van der Waals surface area contributed by atoms with Gasteiger partial charge in [0.2, 0.25) is 0 Å². The van der Waals surface area contributed by atoms with Gasteiger partial charge in [-0.3, -0.25) is 9.98 Å². The van der Waals surface area contributed by atoms with Crippen molar-refractivity contribution in [2.24, 2.45) is 4.99 Å². The molecule has 8 rings (SSSR count). The predicted molar refractivity (Wildman–Crippen MR) is 171 cm³/mol. The van der Waals surface area contributed by atoms with Gasteiger partial charge in [0.05, 0.1) is 23.4 Å². The van der Waals surface area contributed by atoms with Gasteiger partial charge in [-0.2, -0.15) is 0 Å². The molecule has 4 nitrogen and oxygen atoms in total. The number of fused-ring (bicyclic) bond motifs is 6. The maximum atomic E-state index is 5.85. The third kappa shape index (κ3) is 3.98. The van der Waals surface area contributed by atoms with Crippen molar-refractivity contribution >= 4 is 22.4 Å². The number of benzene rings is 3. The Labute approximate surface area is 245 Å². The van der Waals surface area contributed by atoms with Crippen molar-refractivity contribution in [3.63, 3.8) is 0 Å². The van der Waals surface area contributed by atoms with E-state index in [-0.39, 0.29) is 11.6 Å². The van der Waals surface area contributed by atoms with Crippen LogP contribution in [0.5, 0.6) is 0 Å². The van der Waals surface area contributed by atoms with Crippen molar-refractivity contribution in [3.8, 4) is 22.3 Å². The van der Waals surface area contributed by atoms with Gasteiger partial charge in [-0.1, -0.05) is 74.5 Å². The van der Waals surface area contributed by atoms with Crippen molar-refractivity contribution in [1.82, 2.24) is 10.3 Å². The normalized spacial score (nSPS) is 18.5. The Bertz CT molecular complexity index is 1990. The molecule has 0 bridgehead atoms. The van der Waals surface area contributed by atoms with Crippen LogP contribution >= 0.6 is 0 Å². The molecule has 0 fully saturated rings. The summed E-state index contributed by atoms with van der Waals surface area (Å²) in [5.74, 6) is 0. The summed E-state index contributed by atoms with van der Waals surface area (Å²) >= 11 is 0. The first-order chi connectivity index (χ1) is 20.6. The summed E-state index contributed by atoms with van der Waals surface area (Å²) in [7, 11) is 0. The zero-order chi connectivity index (χ0) is 28.3. The molecule has 4 heteroatoms. The molecular weight excluding hydrogens is 514 g/mol. The number of hydrogen-bond donors (Lipinski definition) is 1. The van der Waals surface area contributed by atoms with Crippen LogP contribution in [0.4, 0.5) is 0 Å². The van der Waals surface area contributed by atoms with E-state index >= 15 is 0 Å². The summed E-state index contributed by atoms with van der Waals surface area (Å²) in [5, 5.41) is 4.78. The summed E-state index contributed by atoms with van der Waals surface area (Å²) in [6.45, 7) is 4.68. The Kier molecular flexibility index (Phi) is 5.65. The second-order valence-corrected chi connectivity index (χ2v) is 11.8. The van der Waals surface area contributed by atoms with E-state index in [1.165, 1.54) is 39.0 Å². The van der Waals surface area contributed by atoms with E-state index in [2.05, 4.69) is 115 Å². The Morgan fingerprint density at radius 1 is 0.833 bits per heavy atom. The van der Waals surface area contributed by atoms with E-state index in [9.17, 15) is 0 Å². The fourth-order valence-electron chi connectivity index (χ4n) is 6.66. The number of nitrogens with zero attached hydrogens (tertiary/aromatic N) is 2. The average molecular weight is 546 g/mol. The number of allylic oxidation sites excluding steroid dienone is 3. The lowest BCUT2D eigenvalue weighted by Gasteiger charge is -2.30. The van der Waals surface area contributed by atoms with E-state index in [0.29, 0.717) is 0 Å². The van der Waals surface area contributed by atoms with Gasteiger partial charge in [-0.25, -0.2) is 0 Å². The van der Waals surface area contributed by atoms with Gasteiger partial charge in [0, 0.05) is 22.6 Å². The maximum absolute atomic E-state index is 5.85. The minimum Gasteiger partial charge on any atom is -0.464 e. The molecule has 1 N–H and O–H groups in total. The molecule has 2 aliphatic carbocycles. The maximum Gasteiger partial charge on any atom is 0.145 e. The van der Waals surface area contributed by atoms with Gasteiger partial charge in [-0.05, 0) is 94.3 Å². The molecule has 1 unspecified atom stereocenters. The number of furan rings is 1. The lowest BCUT2D eigenvalue weighted by molar-refractivity contribution is 0.614. The molecule has 0 amide bonds. The third-order valence-electron chi connectivity index (χ3n) is 8.88. The minimum atomic E-state index is -0.264. The number of aliphatic imine (C=N–C) groups is 1. The standard InChI is InChI=1S/C38H31N3O/c1-38(2)31-20-25(34-23-35(33-14-8-9-18-39-33)41-37(40-34)24-10-4-3-5-11-24)15-16-29(31)27-12-6-7-13-28(27)30-22-36-26(17-19-42-36)21-32(30)38/h4,6-23,37,41H,3,5H2,1-2H3. The molecule has 2 aromatic heterocycles. The lowest BCUT2D eigenvalue weighted by atomic mass is 9.74. The van der Waals surface area contributed by atoms with E-state index in [1.54, 1.807) is 6.26 Å². The molecule has 42 heavy (non-hydrogen) atoms. The highest BCUT2D eigenvalue weighted by atomic mass is 16.3. The largest absolute Gasteiger partial charge is 0.464 e. The Morgan fingerprint density at radius 2 is 1.67 bits per heavy atom. The van der Waals surface area contributed by atoms with Crippen molar-refractivity contribution in [3.05, 3.63) is 144 Å². The first-order valence-corrected chi connectivity index (χ1v) is 14.7. The minimum absolute atomic E-state index is 0.166. The van der Waals surface area contributed by atoms with Crippen molar-refractivity contribution < 1.29 is 4.42 Å². The summed E-state index contributed by atoms with van der Waals surface area (Å²) < 4.78 is 5.85. The molecule has 3 aliphatic rings. The van der Waals surface area contributed by atoms with Crippen molar-refractivity contribution in [1.29, 1.82) is 0 Å². The predicted octanol–water partition coefficient (Wildman–Crippen LogP) is 8.84. The lowest BCUT2D eigenvalue weighted by Crippen LogP contribution is -2.33. The Morgan fingerprint density at radius 3 is 2.48 bits per heavy atom. The monoisotopic (exact) mass is 545 g/mol. The Hall–Kier alpha value is -4.96. The van der Waals surface area contributed by atoms with E-state index in [4.69, 9.17) is 9.41 Å². The first-order valence-electron chi connectivity index (χ1n) is 14.7. The van der Waals surface area contributed by atoms with Crippen molar-refractivity contribution in [2.75, 3.05) is 0 Å². The summed E-state index contributed by atoms with van der Waals surface area (Å²) in [6.07, 6.45) is 14.4. The van der Waals surface area contributed by atoms with Crippen molar-refractivity contribution in [2.45, 2.75) is 38.3 Å². The molecule has 1 atom stereocenters. The Balaban J connectivity index is 1.33. The number of aromatic nitrogens is 1. The first kappa shape index (κ1) is 24.8. The SMILES string of the molecule is CC1(C)c2cc(C3=NC(C4=CCCC=C4)NC(c4ccccn4)=C3)ccc2-c2ccccc2-c2cc3occc3cc21. The van der Waals surface area contributed by atoms with Gasteiger partial charge >= 0.3 is 0 Å². The van der Waals surface area contributed by atoms with E-state index in [0.717, 1.165) is 46.5 Å². The van der Waals surface area contributed by atoms with Crippen LogP contribution in [-0.4, -0.2) is 16.9 Å². The fraction of sp³-hybridized carbons (Fsp3) is 0.158. The van der Waals surface area contributed by atoms with Crippen LogP contribution in [0.25, 0.3) is 38.9 Å². The zero-order valence-electron chi connectivity index (χ0n) is 23.8. The second-order valence-electron chi connectivity index (χ2n) is 11.8. The molecule has 5 aromatic rings. The highest BCUT2D eigenvalue weighted by molar-refractivity contribution is 6.13. The molecule has 204 valence electrons. The van der Waals surface area contributed by atoms with Crippen LogP contribution in [-0.2, 0) is 5.41 Å². The molecule has 0 saturated heterocycles. The molecule has 0 radical (unpaired) electrons. The molecule has 1 aliphatic heterocycles. The van der Waals surface area contributed by atoms with Crippen LogP contribution < -0.4 is 5.32 Å². The highest BCUT2D eigenvalue weighted by Crippen LogP contribution is 2.50. The quantitative estimate of drug-likeness (QED) is 0.246. The van der Waals surface area contributed by atoms with E-state index in [1.807, 2.05) is 18.3 Å². The summed E-state index contributed by atoms with van der Waals surface area (Å²) in [4.78, 5) is 9.92. The van der Waals surface area contributed by atoms with Crippen LogP contribution in [0.15, 0.2) is 131 Å². The number of hydrogen-bond acceptors (Lipinski definition) is 4. The number of nitrogens with one attached hydrogen (secondary N) is 1. The second kappa shape index (κ2) is 9.56. The molecule has 3 aromatic carbocycles. The van der Waals surface area contributed by atoms with Gasteiger partial charge in [0.15, 0.2) is 0 Å².